The molecule has 12 heavy (non-hydrogen) atoms. The normalized spacial score (nSPS) is 7.92. The van der Waals surface area contributed by atoms with Crippen LogP contribution in [0.5, 0.6) is 0 Å². The maximum Gasteiger partial charge on any atom is 0.0831 e. The molecular weight excluding hydrogens is 148 g/mol. The van der Waals surface area contributed by atoms with Crippen LogP contribution in [0.1, 0.15) is 16.7 Å². The minimum Gasteiger partial charge on any atom is -0.242 e. The summed E-state index contributed by atoms with van der Waals surface area (Å²) in [5, 5.41) is 11.2. The van der Waals surface area contributed by atoms with Crippen LogP contribution >= 0.6 is 0 Å². The van der Waals surface area contributed by atoms with Crippen molar-refractivity contribution in [3.8, 4) is 0 Å². The van der Waals surface area contributed by atoms with Gasteiger partial charge in [0.05, 0.1) is 6.01 Å². The number of aryl methyl sites for hydroxylation is 3. The number of hydrogen-bond acceptors (Lipinski definition) is 2. The van der Waals surface area contributed by atoms with Gasteiger partial charge in [0.25, 0.3) is 0 Å². The second-order valence-electron chi connectivity index (χ2n) is 2.79. The van der Waals surface area contributed by atoms with E-state index in [1.54, 1.807) is 0 Å². The van der Waals surface area contributed by atoms with E-state index in [0.29, 0.717) is 0 Å². The first kappa shape index (κ1) is 10.6. The van der Waals surface area contributed by atoms with Crippen LogP contribution in [0.3, 0.4) is 0 Å². The lowest BCUT2D eigenvalue weighted by atomic mass is 10.1. The van der Waals surface area contributed by atoms with E-state index in [4.69, 9.17) is 10.8 Å². The van der Waals surface area contributed by atoms with Gasteiger partial charge in [-0.1, -0.05) is 34.9 Å². The standard InChI is InChI=1S/C9H12.CH2N2/c1-7-4-8(2)6-9(3)5-7;2-1-3/h4-6H,1-3H3;2-3H. The Kier molecular flexibility index (Phi) is 4.66. The van der Waals surface area contributed by atoms with Crippen molar-refractivity contribution in [3.05, 3.63) is 34.9 Å². The summed E-state index contributed by atoms with van der Waals surface area (Å²) in [6.07, 6.45) is 0. The van der Waals surface area contributed by atoms with E-state index >= 15 is 0 Å². The van der Waals surface area contributed by atoms with Crippen LogP contribution in [0, 0.1) is 31.6 Å². The zero-order valence-corrected chi connectivity index (χ0v) is 7.73. The Morgan fingerprint density at radius 1 is 0.833 bits per heavy atom. The van der Waals surface area contributed by atoms with Crippen LogP contribution in [-0.2, 0) is 0 Å². The number of rotatable bonds is 0. The maximum absolute atomic E-state index is 5.62. The summed E-state index contributed by atoms with van der Waals surface area (Å²) in [6.45, 7) is 6.38. The number of hydrogen-bond donors (Lipinski definition) is 2. The molecule has 0 aliphatic carbocycles. The summed E-state index contributed by atoms with van der Waals surface area (Å²) in [5.41, 5.74) is 4.06. The lowest BCUT2D eigenvalue weighted by molar-refractivity contribution is 1.32. The third-order valence-corrected chi connectivity index (χ3v) is 1.37. The topological polar surface area (TPSA) is 47.7 Å². The first-order valence-electron chi connectivity index (χ1n) is 3.73. The lowest BCUT2D eigenvalue weighted by Gasteiger charge is -1.96. The predicted molar refractivity (Wildman–Crippen MR) is 51.1 cm³/mol. The molecule has 2 heteroatoms. The summed E-state index contributed by atoms with van der Waals surface area (Å²) in [5.74, 6) is 0. The second-order valence-corrected chi connectivity index (χ2v) is 2.79. The highest BCUT2D eigenvalue weighted by molar-refractivity contribution is 5.29. The van der Waals surface area contributed by atoms with Gasteiger partial charge >= 0.3 is 0 Å². The molecule has 0 aromatic heterocycles. The van der Waals surface area contributed by atoms with Crippen LogP contribution in [0.4, 0.5) is 0 Å². The van der Waals surface area contributed by atoms with Crippen LogP contribution in [0.25, 0.3) is 0 Å². The molecule has 0 fully saturated rings. The van der Waals surface area contributed by atoms with Gasteiger partial charge in [-0.3, -0.25) is 0 Å². The highest BCUT2D eigenvalue weighted by atomic mass is 14.4. The summed E-state index contributed by atoms with van der Waals surface area (Å²) in [6, 6.07) is 7.81. The van der Waals surface area contributed by atoms with Gasteiger partial charge in [-0.2, -0.15) is 0 Å². The molecule has 0 spiro atoms. The van der Waals surface area contributed by atoms with Crippen molar-refractivity contribution in [1.29, 1.82) is 10.8 Å². The molecule has 2 nitrogen and oxygen atoms in total. The highest BCUT2D eigenvalue weighted by Crippen LogP contribution is 2.06. The Morgan fingerprint density at radius 3 is 1.17 bits per heavy atom. The third kappa shape index (κ3) is 4.42. The highest BCUT2D eigenvalue weighted by Gasteiger charge is 1.87. The molecule has 0 saturated carbocycles. The van der Waals surface area contributed by atoms with Crippen molar-refractivity contribution in [3.63, 3.8) is 0 Å². The van der Waals surface area contributed by atoms with Gasteiger partial charge in [-0.25, -0.2) is 10.8 Å². The van der Waals surface area contributed by atoms with Crippen LogP contribution in [-0.4, -0.2) is 6.01 Å². The Bertz CT molecular complexity index is 233. The van der Waals surface area contributed by atoms with Crippen molar-refractivity contribution < 1.29 is 0 Å². The molecule has 0 unspecified atom stereocenters. The van der Waals surface area contributed by atoms with Crippen molar-refractivity contribution in [1.82, 2.24) is 0 Å². The summed E-state index contributed by atoms with van der Waals surface area (Å²) in [7, 11) is 0. The summed E-state index contributed by atoms with van der Waals surface area (Å²) in [4.78, 5) is 0. The molecule has 0 aliphatic heterocycles. The number of nitrogens with one attached hydrogen (secondary N) is 2. The molecule has 1 aromatic carbocycles. The van der Waals surface area contributed by atoms with Gasteiger partial charge in [0.1, 0.15) is 0 Å². The van der Waals surface area contributed by atoms with E-state index in [0.717, 1.165) is 0 Å². The third-order valence-electron chi connectivity index (χ3n) is 1.37. The minimum absolute atomic E-state index is 1.25. The second kappa shape index (κ2) is 5.28. The molecular formula is C10H14N2. The van der Waals surface area contributed by atoms with Gasteiger partial charge in [0.2, 0.25) is 0 Å². The van der Waals surface area contributed by atoms with Crippen LogP contribution < -0.4 is 0 Å². The predicted octanol–water partition coefficient (Wildman–Crippen LogP) is 2.93. The van der Waals surface area contributed by atoms with Crippen molar-refractivity contribution in [2.45, 2.75) is 20.8 Å². The Balaban J connectivity index is 0.000000354. The molecule has 0 heterocycles. The average molecular weight is 162 g/mol. The smallest absolute Gasteiger partial charge is 0.0831 e. The molecule has 2 N–H and O–H groups in total. The molecule has 0 aliphatic rings. The van der Waals surface area contributed by atoms with Crippen LogP contribution in [0.2, 0.25) is 0 Å². The monoisotopic (exact) mass is 162 g/mol. The van der Waals surface area contributed by atoms with E-state index in [-0.39, 0.29) is 0 Å². The van der Waals surface area contributed by atoms with E-state index in [1.807, 2.05) is 0 Å². The Labute approximate surface area is 73.3 Å². The van der Waals surface area contributed by atoms with Gasteiger partial charge in [0.15, 0.2) is 0 Å². The molecule has 1 aromatic rings. The number of benzene rings is 1. The Morgan fingerprint density at radius 2 is 1.00 bits per heavy atom. The fourth-order valence-electron chi connectivity index (χ4n) is 1.20. The average Bonchev–Trinajstić information content (AvgIpc) is 1.84. The van der Waals surface area contributed by atoms with E-state index in [9.17, 15) is 0 Å². The van der Waals surface area contributed by atoms with E-state index in [2.05, 4.69) is 39.0 Å². The zero-order chi connectivity index (χ0) is 9.56. The van der Waals surface area contributed by atoms with Gasteiger partial charge in [-0.15, -0.1) is 0 Å². The maximum atomic E-state index is 5.62. The van der Waals surface area contributed by atoms with Crippen molar-refractivity contribution in [2.75, 3.05) is 0 Å². The van der Waals surface area contributed by atoms with Crippen molar-refractivity contribution in [2.24, 2.45) is 0 Å². The SMILES string of the molecule is Cc1cc(C)cc(C)c1.N=C=N. The molecule has 64 valence electrons. The molecule has 1 rings (SSSR count). The first-order valence-corrected chi connectivity index (χ1v) is 3.73. The molecule has 0 atom stereocenters. The zero-order valence-electron chi connectivity index (χ0n) is 7.73. The van der Waals surface area contributed by atoms with E-state index in [1.165, 1.54) is 22.7 Å². The van der Waals surface area contributed by atoms with Gasteiger partial charge in [-0.05, 0) is 20.8 Å². The largest absolute Gasteiger partial charge is 0.242 e. The van der Waals surface area contributed by atoms with E-state index < -0.39 is 0 Å². The fraction of sp³-hybridized carbons (Fsp3) is 0.300. The van der Waals surface area contributed by atoms with Gasteiger partial charge in [0, 0.05) is 0 Å². The molecule has 0 amide bonds. The van der Waals surface area contributed by atoms with Gasteiger partial charge < -0.3 is 0 Å². The quantitative estimate of drug-likeness (QED) is 0.551. The fourth-order valence-corrected chi connectivity index (χ4v) is 1.20. The Hall–Kier alpha value is -1.40. The lowest BCUT2D eigenvalue weighted by Crippen LogP contribution is -1.78. The summed E-state index contributed by atoms with van der Waals surface area (Å²) >= 11 is 0. The molecule has 0 saturated heterocycles. The minimum atomic E-state index is 1.25. The van der Waals surface area contributed by atoms with Crippen LogP contribution in [0.15, 0.2) is 18.2 Å². The molecule has 0 bridgehead atoms. The summed E-state index contributed by atoms with van der Waals surface area (Å²) < 4.78 is 0. The first-order chi connectivity index (χ1) is 5.60. The molecule has 0 radical (unpaired) electrons. The van der Waals surface area contributed by atoms with Crippen molar-refractivity contribution >= 4 is 6.01 Å².